The lowest BCUT2D eigenvalue weighted by molar-refractivity contribution is -0.142. The van der Waals surface area contributed by atoms with E-state index in [0.29, 0.717) is 0 Å². The number of carboxylic acid groups (broad SMARTS) is 1. The predicted octanol–water partition coefficient (Wildman–Crippen LogP) is 0.381. The number of urea groups is 1. The highest BCUT2D eigenvalue weighted by molar-refractivity contribution is 7.90. The van der Waals surface area contributed by atoms with Crippen LogP contribution in [0, 0.1) is 0 Å². The number of halogens is 1. The molecule has 3 N–H and O–H groups in total. The molecule has 0 bridgehead atoms. The van der Waals surface area contributed by atoms with Crippen LogP contribution < -0.4 is 19.5 Å². The number of amides is 2. The number of hydrogen-bond acceptors (Lipinski definition) is 10. The first kappa shape index (κ1) is 24.7. The Labute approximate surface area is 182 Å². The fraction of sp³-hybridized carbons (Fsp3) is 0.353. The van der Waals surface area contributed by atoms with Crippen molar-refractivity contribution >= 4 is 28.0 Å². The Morgan fingerprint density at radius 1 is 1.22 bits per heavy atom. The van der Waals surface area contributed by atoms with Gasteiger partial charge in [-0.05, 0) is 12.1 Å². The molecule has 0 fully saturated rings. The standard InChI is InChI=1S/C17H20FN5O8S/c1-29-13-7-14(30-2)21-16(20-13)22-17(26)23-32(27,28)12-4-3-5-19-11(12)6-10(18)8-31-9-15(24)25/h3-5,7,10H,6,8-9H2,1-2H3,(H,24,25)(H2,20,21,22,23,26). The maximum absolute atomic E-state index is 14.1. The van der Waals surface area contributed by atoms with Gasteiger partial charge in [-0.1, -0.05) is 0 Å². The molecule has 0 radical (unpaired) electrons. The van der Waals surface area contributed by atoms with Crippen LogP contribution in [0.5, 0.6) is 11.8 Å². The molecule has 0 saturated heterocycles. The topological polar surface area (TPSA) is 179 Å². The van der Waals surface area contributed by atoms with E-state index < -0.39 is 52.7 Å². The van der Waals surface area contributed by atoms with E-state index in [1.54, 1.807) is 4.72 Å². The summed E-state index contributed by atoms with van der Waals surface area (Å²) in [6.45, 7) is -1.28. The van der Waals surface area contributed by atoms with Gasteiger partial charge in [-0.3, -0.25) is 10.3 Å². The van der Waals surface area contributed by atoms with Gasteiger partial charge in [0.25, 0.3) is 10.0 Å². The predicted molar refractivity (Wildman–Crippen MR) is 106 cm³/mol. The molecule has 0 aliphatic carbocycles. The lowest BCUT2D eigenvalue weighted by atomic mass is 10.2. The Morgan fingerprint density at radius 3 is 2.47 bits per heavy atom. The zero-order chi connectivity index (χ0) is 23.7. The van der Waals surface area contributed by atoms with Crippen LogP contribution in [0.2, 0.25) is 0 Å². The summed E-state index contributed by atoms with van der Waals surface area (Å²) in [5.41, 5.74) is -0.182. The zero-order valence-electron chi connectivity index (χ0n) is 16.9. The normalized spacial score (nSPS) is 12.0. The van der Waals surface area contributed by atoms with Crippen LogP contribution in [0.1, 0.15) is 5.69 Å². The number of pyridine rings is 1. The first-order valence-corrected chi connectivity index (χ1v) is 10.3. The number of methoxy groups -OCH3 is 2. The first-order valence-electron chi connectivity index (χ1n) is 8.83. The molecular weight excluding hydrogens is 453 g/mol. The summed E-state index contributed by atoms with van der Waals surface area (Å²) in [6.07, 6.45) is -0.978. The second-order valence-corrected chi connectivity index (χ2v) is 7.65. The van der Waals surface area contributed by atoms with Crippen LogP contribution in [0.4, 0.5) is 15.1 Å². The summed E-state index contributed by atoms with van der Waals surface area (Å²) >= 11 is 0. The second-order valence-electron chi connectivity index (χ2n) is 5.99. The molecule has 0 saturated carbocycles. The third kappa shape index (κ3) is 7.28. The Bertz CT molecular complexity index is 1050. The summed E-state index contributed by atoms with van der Waals surface area (Å²) in [5.74, 6) is -1.45. The largest absolute Gasteiger partial charge is 0.481 e. The van der Waals surface area contributed by atoms with Gasteiger partial charge in [-0.15, -0.1) is 0 Å². The number of sulfonamides is 1. The van der Waals surface area contributed by atoms with Crippen molar-refractivity contribution in [2.24, 2.45) is 0 Å². The Kier molecular flexibility index (Phi) is 8.60. The van der Waals surface area contributed by atoms with Crippen molar-refractivity contribution in [1.29, 1.82) is 0 Å². The Morgan fingerprint density at radius 2 is 1.88 bits per heavy atom. The minimum Gasteiger partial charge on any atom is -0.481 e. The number of ether oxygens (including phenoxy) is 3. The van der Waals surface area contributed by atoms with Gasteiger partial charge in [0, 0.05) is 12.6 Å². The first-order chi connectivity index (χ1) is 15.1. The number of alkyl halides is 1. The summed E-state index contributed by atoms with van der Waals surface area (Å²) < 4.78 is 55.7. The van der Waals surface area contributed by atoms with Gasteiger partial charge < -0.3 is 19.3 Å². The number of nitrogens with zero attached hydrogens (tertiary/aromatic N) is 3. The minimum absolute atomic E-state index is 0.0589. The van der Waals surface area contributed by atoms with Gasteiger partial charge in [0.05, 0.1) is 32.6 Å². The summed E-state index contributed by atoms with van der Waals surface area (Å²) in [6, 6.07) is 2.57. The number of anilines is 1. The van der Waals surface area contributed by atoms with E-state index in [1.807, 2.05) is 0 Å². The SMILES string of the molecule is COc1cc(OC)nc(NC(=O)NS(=O)(=O)c2cccnc2CC(F)COCC(=O)O)n1. The molecule has 174 valence electrons. The fourth-order valence-corrected chi connectivity index (χ4v) is 3.45. The smallest absolute Gasteiger partial charge is 0.335 e. The van der Waals surface area contributed by atoms with Crippen molar-refractivity contribution in [3.8, 4) is 11.8 Å². The average molecular weight is 473 g/mol. The molecule has 2 aromatic heterocycles. The third-order valence-corrected chi connectivity index (χ3v) is 5.03. The number of aliphatic carboxylic acids is 1. The Balaban J connectivity index is 2.12. The highest BCUT2D eigenvalue weighted by atomic mass is 32.2. The van der Waals surface area contributed by atoms with E-state index in [1.165, 1.54) is 32.5 Å². The molecule has 1 unspecified atom stereocenters. The van der Waals surface area contributed by atoms with E-state index in [-0.39, 0.29) is 23.4 Å². The molecular formula is C17H20FN5O8S. The number of hydrogen-bond donors (Lipinski definition) is 3. The number of carbonyl (C=O) groups excluding carboxylic acids is 1. The quantitative estimate of drug-likeness (QED) is 0.411. The second kappa shape index (κ2) is 11.1. The number of carboxylic acids is 1. The van der Waals surface area contributed by atoms with Gasteiger partial charge in [0.2, 0.25) is 17.7 Å². The third-order valence-electron chi connectivity index (χ3n) is 3.63. The minimum atomic E-state index is -4.47. The van der Waals surface area contributed by atoms with Crippen molar-refractivity contribution in [3.05, 3.63) is 30.1 Å². The molecule has 32 heavy (non-hydrogen) atoms. The number of aromatic nitrogens is 3. The summed E-state index contributed by atoms with van der Waals surface area (Å²) in [5, 5.41) is 10.6. The van der Waals surface area contributed by atoms with Crippen LogP contribution in [0.15, 0.2) is 29.3 Å². The maximum atomic E-state index is 14.1. The van der Waals surface area contributed by atoms with Crippen molar-refractivity contribution in [3.63, 3.8) is 0 Å². The number of carbonyl (C=O) groups is 2. The van der Waals surface area contributed by atoms with Crippen LogP contribution >= 0.6 is 0 Å². The van der Waals surface area contributed by atoms with Gasteiger partial charge in [0.15, 0.2) is 0 Å². The van der Waals surface area contributed by atoms with Crippen molar-refractivity contribution in [1.82, 2.24) is 19.7 Å². The highest BCUT2D eigenvalue weighted by Crippen LogP contribution is 2.18. The van der Waals surface area contributed by atoms with Crippen LogP contribution in [-0.4, -0.2) is 74.1 Å². The van der Waals surface area contributed by atoms with Crippen molar-refractivity contribution < 1.29 is 41.7 Å². The molecule has 13 nitrogen and oxygen atoms in total. The van der Waals surface area contributed by atoms with Gasteiger partial charge in [-0.25, -0.2) is 27.1 Å². The molecule has 0 aliphatic rings. The average Bonchev–Trinajstić information content (AvgIpc) is 2.72. The number of nitrogens with one attached hydrogen (secondary N) is 2. The van der Waals surface area contributed by atoms with Crippen LogP contribution in [0.25, 0.3) is 0 Å². The van der Waals surface area contributed by atoms with Crippen molar-refractivity contribution in [2.75, 3.05) is 32.8 Å². The lowest BCUT2D eigenvalue weighted by Crippen LogP contribution is -2.35. The van der Waals surface area contributed by atoms with Crippen molar-refractivity contribution in [2.45, 2.75) is 17.5 Å². The molecule has 2 rings (SSSR count). The summed E-state index contributed by atoms with van der Waals surface area (Å²) in [7, 11) is -1.82. The molecule has 2 amide bonds. The number of rotatable bonds is 11. The van der Waals surface area contributed by atoms with E-state index in [4.69, 9.17) is 14.6 Å². The highest BCUT2D eigenvalue weighted by Gasteiger charge is 2.24. The van der Waals surface area contributed by atoms with Crippen LogP contribution in [-0.2, 0) is 26.0 Å². The molecule has 0 aromatic carbocycles. The molecule has 0 spiro atoms. The Hall–Kier alpha value is -3.59. The van der Waals surface area contributed by atoms with E-state index in [0.717, 1.165) is 6.07 Å². The zero-order valence-corrected chi connectivity index (χ0v) is 17.8. The molecule has 2 heterocycles. The molecule has 2 aromatic rings. The van der Waals surface area contributed by atoms with Gasteiger partial charge in [0.1, 0.15) is 17.7 Å². The maximum Gasteiger partial charge on any atom is 0.335 e. The molecule has 15 heteroatoms. The summed E-state index contributed by atoms with van der Waals surface area (Å²) in [4.78, 5) is 33.7. The van der Waals surface area contributed by atoms with Gasteiger partial charge >= 0.3 is 12.0 Å². The fourth-order valence-electron chi connectivity index (χ4n) is 2.34. The monoisotopic (exact) mass is 473 g/mol. The van der Waals surface area contributed by atoms with E-state index in [2.05, 4.69) is 25.0 Å². The van der Waals surface area contributed by atoms with E-state index >= 15 is 0 Å². The lowest BCUT2D eigenvalue weighted by Gasteiger charge is -2.13. The van der Waals surface area contributed by atoms with Gasteiger partial charge in [-0.2, -0.15) is 9.97 Å². The molecule has 1 atom stereocenters. The molecule has 0 aliphatic heterocycles. The van der Waals surface area contributed by atoms with E-state index in [9.17, 15) is 22.4 Å². The van der Waals surface area contributed by atoms with Crippen LogP contribution in [0.3, 0.4) is 0 Å².